The number of nitrogens with one attached hydrogen (secondary N) is 2. The Morgan fingerprint density at radius 1 is 1.33 bits per heavy atom. The first-order valence-corrected chi connectivity index (χ1v) is 8.92. The molecule has 1 aliphatic rings. The number of thiazole rings is 1. The van der Waals surface area contributed by atoms with Crippen LogP contribution in [0.25, 0.3) is 10.6 Å². The monoisotopic (exact) mass is 441 g/mol. The van der Waals surface area contributed by atoms with Crippen molar-refractivity contribution in [2.45, 2.75) is 31.5 Å². The number of benzene rings is 1. The summed E-state index contributed by atoms with van der Waals surface area (Å²) in [5, 5.41) is 8.35. The van der Waals surface area contributed by atoms with Crippen LogP contribution in [0.1, 0.15) is 24.1 Å². The quantitative estimate of drug-likeness (QED) is 0.734. The minimum atomic E-state index is -4.38. The third-order valence-corrected chi connectivity index (χ3v) is 4.98. The van der Waals surface area contributed by atoms with Crippen LogP contribution in [0.5, 0.6) is 0 Å². The molecule has 27 heavy (non-hydrogen) atoms. The van der Waals surface area contributed by atoms with E-state index in [1.807, 2.05) is 0 Å². The van der Waals surface area contributed by atoms with Crippen LogP contribution in [0.4, 0.5) is 13.2 Å². The topological polar surface area (TPSA) is 54.0 Å². The molecule has 1 aromatic carbocycles. The minimum absolute atomic E-state index is 0. The summed E-state index contributed by atoms with van der Waals surface area (Å²) in [6, 6.07) is 5.38. The van der Waals surface area contributed by atoms with Gasteiger partial charge in [-0.1, -0.05) is 12.1 Å². The molecule has 0 saturated carbocycles. The Balaban J connectivity index is 0.00000182. The number of hydrogen-bond acceptors (Lipinski definition) is 4. The maximum Gasteiger partial charge on any atom is 0.416 e. The number of hydrogen-bond donors (Lipinski definition) is 2. The standard InChI is InChI=1S/C17H18F3N3OS.2ClH/c18-17(19,20)12-4-1-3-11(7-12)16-23-14(10-25-16)8-15(24)22-9-13-5-2-6-21-13;;/h1,3-4,7,10,13,21H,2,5-6,8-9H2,(H,22,24);2*1H. The second-order valence-electron chi connectivity index (χ2n) is 6.00. The van der Waals surface area contributed by atoms with Gasteiger partial charge >= 0.3 is 6.18 Å². The van der Waals surface area contributed by atoms with E-state index in [1.165, 1.54) is 17.4 Å². The third kappa shape index (κ3) is 6.64. The molecule has 1 atom stereocenters. The van der Waals surface area contributed by atoms with Gasteiger partial charge < -0.3 is 10.6 Å². The molecule has 0 spiro atoms. The Morgan fingerprint density at radius 2 is 2.11 bits per heavy atom. The average Bonchev–Trinajstić information content (AvgIpc) is 3.24. The minimum Gasteiger partial charge on any atom is -0.354 e. The Kier molecular flexibility index (Phi) is 9.01. The van der Waals surface area contributed by atoms with Crippen LogP contribution in [0.15, 0.2) is 29.6 Å². The van der Waals surface area contributed by atoms with Crippen molar-refractivity contribution in [3.8, 4) is 10.6 Å². The Morgan fingerprint density at radius 3 is 2.78 bits per heavy atom. The zero-order valence-electron chi connectivity index (χ0n) is 14.2. The molecule has 0 bridgehead atoms. The lowest BCUT2D eigenvalue weighted by Crippen LogP contribution is -2.37. The Labute approximate surface area is 171 Å². The van der Waals surface area contributed by atoms with Crippen molar-refractivity contribution in [1.82, 2.24) is 15.6 Å². The molecule has 1 unspecified atom stereocenters. The molecule has 2 N–H and O–H groups in total. The van der Waals surface area contributed by atoms with Gasteiger partial charge in [0.2, 0.25) is 5.91 Å². The molecule has 150 valence electrons. The summed E-state index contributed by atoms with van der Waals surface area (Å²) in [4.78, 5) is 16.3. The fourth-order valence-electron chi connectivity index (χ4n) is 2.74. The van der Waals surface area contributed by atoms with Gasteiger partial charge in [0.15, 0.2) is 0 Å². The molecule has 0 aliphatic carbocycles. The van der Waals surface area contributed by atoms with E-state index in [9.17, 15) is 18.0 Å². The van der Waals surface area contributed by atoms with Crippen molar-refractivity contribution in [1.29, 1.82) is 0 Å². The number of carbonyl (C=O) groups excluding carboxylic acids is 1. The number of aromatic nitrogens is 1. The van der Waals surface area contributed by atoms with Crippen LogP contribution >= 0.6 is 36.2 Å². The molecule has 1 aliphatic heterocycles. The number of halogens is 5. The third-order valence-electron chi connectivity index (χ3n) is 4.04. The lowest BCUT2D eigenvalue weighted by Gasteiger charge is -2.10. The highest BCUT2D eigenvalue weighted by molar-refractivity contribution is 7.13. The fraction of sp³-hybridized carbons (Fsp3) is 0.412. The average molecular weight is 442 g/mol. The molecule has 1 aromatic heterocycles. The summed E-state index contributed by atoms with van der Waals surface area (Å²) in [7, 11) is 0. The van der Waals surface area contributed by atoms with Crippen LogP contribution in [0.3, 0.4) is 0 Å². The maximum absolute atomic E-state index is 12.8. The van der Waals surface area contributed by atoms with Crippen LogP contribution < -0.4 is 10.6 Å². The first-order chi connectivity index (χ1) is 11.9. The number of alkyl halides is 3. The summed E-state index contributed by atoms with van der Waals surface area (Å²) in [6.45, 7) is 1.57. The summed E-state index contributed by atoms with van der Waals surface area (Å²) >= 11 is 1.24. The van der Waals surface area contributed by atoms with E-state index in [1.54, 1.807) is 11.4 Å². The summed E-state index contributed by atoms with van der Waals surface area (Å²) in [5.41, 5.74) is 0.263. The molecular formula is C17H20Cl2F3N3OS. The van der Waals surface area contributed by atoms with Gasteiger partial charge in [0, 0.05) is 23.5 Å². The van der Waals surface area contributed by atoms with Crippen molar-refractivity contribution in [3.05, 3.63) is 40.9 Å². The highest BCUT2D eigenvalue weighted by atomic mass is 35.5. The van der Waals surface area contributed by atoms with Crippen molar-refractivity contribution in [2.24, 2.45) is 0 Å². The van der Waals surface area contributed by atoms with E-state index in [2.05, 4.69) is 15.6 Å². The van der Waals surface area contributed by atoms with Gasteiger partial charge in [-0.25, -0.2) is 4.98 Å². The molecule has 2 aromatic rings. The van der Waals surface area contributed by atoms with Gasteiger partial charge in [0.25, 0.3) is 0 Å². The van der Waals surface area contributed by atoms with Gasteiger partial charge in [-0.2, -0.15) is 13.2 Å². The van der Waals surface area contributed by atoms with Gasteiger partial charge in [0.05, 0.1) is 17.7 Å². The van der Waals surface area contributed by atoms with E-state index >= 15 is 0 Å². The molecular weight excluding hydrogens is 422 g/mol. The number of amides is 1. The Hall–Kier alpha value is -1.35. The van der Waals surface area contributed by atoms with E-state index < -0.39 is 11.7 Å². The smallest absolute Gasteiger partial charge is 0.354 e. The van der Waals surface area contributed by atoms with E-state index in [0.717, 1.165) is 31.5 Å². The van der Waals surface area contributed by atoms with Crippen LogP contribution in [-0.4, -0.2) is 30.0 Å². The van der Waals surface area contributed by atoms with Gasteiger partial charge in [-0.3, -0.25) is 4.79 Å². The molecule has 1 saturated heterocycles. The zero-order chi connectivity index (χ0) is 17.9. The number of carbonyl (C=O) groups is 1. The summed E-state index contributed by atoms with van der Waals surface area (Å²) in [6.07, 6.45) is -2.09. The van der Waals surface area contributed by atoms with Crippen molar-refractivity contribution >= 4 is 42.1 Å². The second-order valence-corrected chi connectivity index (χ2v) is 6.85. The fourth-order valence-corrected chi connectivity index (χ4v) is 3.56. The van der Waals surface area contributed by atoms with E-state index in [0.29, 0.717) is 28.9 Å². The summed E-state index contributed by atoms with van der Waals surface area (Å²) in [5.74, 6) is -0.130. The highest BCUT2D eigenvalue weighted by Crippen LogP contribution is 2.33. The van der Waals surface area contributed by atoms with E-state index in [4.69, 9.17) is 0 Å². The molecule has 3 rings (SSSR count). The molecule has 1 fully saturated rings. The van der Waals surface area contributed by atoms with Gasteiger partial charge in [0.1, 0.15) is 5.01 Å². The van der Waals surface area contributed by atoms with Crippen LogP contribution in [-0.2, 0) is 17.4 Å². The zero-order valence-corrected chi connectivity index (χ0v) is 16.7. The van der Waals surface area contributed by atoms with Gasteiger partial charge in [-0.15, -0.1) is 36.2 Å². The van der Waals surface area contributed by atoms with Gasteiger partial charge in [-0.05, 0) is 31.5 Å². The lowest BCUT2D eigenvalue weighted by molar-refractivity contribution is -0.137. The second kappa shape index (κ2) is 10.3. The molecule has 0 radical (unpaired) electrons. The SMILES string of the molecule is Cl.Cl.O=C(Cc1csc(-c2cccc(C(F)(F)F)c2)n1)NCC1CCCN1. The predicted octanol–water partition coefficient (Wildman–Crippen LogP) is 4.08. The molecule has 1 amide bonds. The van der Waals surface area contributed by atoms with Crippen LogP contribution in [0.2, 0.25) is 0 Å². The lowest BCUT2D eigenvalue weighted by atomic mass is 10.1. The normalized spacial score (nSPS) is 16.3. The predicted molar refractivity (Wildman–Crippen MR) is 105 cm³/mol. The molecule has 4 nitrogen and oxygen atoms in total. The number of nitrogens with zero attached hydrogens (tertiary/aromatic N) is 1. The van der Waals surface area contributed by atoms with Crippen LogP contribution in [0, 0.1) is 0 Å². The maximum atomic E-state index is 12.8. The first-order valence-electron chi connectivity index (χ1n) is 8.04. The largest absolute Gasteiger partial charge is 0.416 e. The van der Waals surface area contributed by atoms with Crippen molar-refractivity contribution < 1.29 is 18.0 Å². The highest BCUT2D eigenvalue weighted by Gasteiger charge is 2.30. The summed E-state index contributed by atoms with van der Waals surface area (Å²) < 4.78 is 38.4. The van der Waals surface area contributed by atoms with Crippen molar-refractivity contribution in [3.63, 3.8) is 0 Å². The number of rotatable bonds is 5. The molecule has 2 heterocycles. The van der Waals surface area contributed by atoms with Crippen molar-refractivity contribution in [2.75, 3.05) is 13.1 Å². The Bertz CT molecular complexity index is 749. The first kappa shape index (κ1) is 23.7. The molecule has 10 heteroatoms. The van der Waals surface area contributed by atoms with E-state index in [-0.39, 0.29) is 37.1 Å².